The van der Waals surface area contributed by atoms with Gasteiger partial charge >= 0.3 is 115 Å². The third-order valence-electron chi connectivity index (χ3n) is 3.77. The van der Waals surface area contributed by atoms with Crippen LogP contribution in [0.4, 0.5) is 0 Å². The van der Waals surface area contributed by atoms with E-state index < -0.39 is 122 Å². The normalized spacial score (nSPS) is 10.4. The predicted octanol–water partition coefficient (Wildman–Crippen LogP) is -19.9. The summed E-state index contributed by atoms with van der Waals surface area (Å²) >= 11 is 0. The molecule has 0 spiro atoms. The monoisotopic (exact) mass is 762 g/mol. The summed E-state index contributed by atoms with van der Waals surface area (Å²) in [7, 11) is 0. The Morgan fingerprint density at radius 1 is 0.388 bits per heavy atom. The molecule has 0 rings (SSSR count). The SMILES string of the molecule is O=C([O-])CC(O)(CC(=O)[O-])C(=O)[O-].O=C([O-])CC(O)(CC(=O)[O-])C(=O)[O-].O=C([O-])CC(O)C(=O)[O-].O=C([O-])CC(O)C(=O)[O-].[Mg+2].[Mg+2].[Mg+2].[Mg+2].[Mg+2]. The number of carbonyl (C=O) groups excluding carboxylic acids is 10. The summed E-state index contributed by atoms with van der Waals surface area (Å²) in [5.74, 6) is -18.8. The summed E-state index contributed by atoms with van der Waals surface area (Å²) in [6.45, 7) is 0. The molecule has 0 amide bonds. The van der Waals surface area contributed by atoms with E-state index in [1.165, 1.54) is 0 Å². The van der Waals surface area contributed by atoms with Crippen LogP contribution in [0.5, 0.6) is 0 Å². The summed E-state index contributed by atoms with van der Waals surface area (Å²) in [6, 6.07) is 0. The molecule has 0 heterocycles. The van der Waals surface area contributed by atoms with Crippen molar-refractivity contribution in [2.45, 2.75) is 61.9 Å². The average Bonchev–Trinajstić information content (AvgIpc) is 2.77. The molecule has 49 heavy (non-hydrogen) atoms. The molecule has 4 N–H and O–H groups in total. The van der Waals surface area contributed by atoms with Crippen LogP contribution in [0, 0.1) is 0 Å². The second-order valence-corrected chi connectivity index (χ2v) is 7.66. The maximum Gasteiger partial charge on any atom is 2.00 e. The Balaban J connectivity index is -0.0000000610. The van der Waals surface area contributed by atoms with Crippen molar-refractivity contribution in [2.24, 2.45) is 0 Å². The fourth-order valence-corrected chi connectivity index (χ4v) is 1.85. The van der Waals surface area contributed by atoms with Gasteiger partial charge in [0.25, 0.3) is 0 Å². The van der Waals surface area contributed by atoms with Crippen molar-refractivity contribution in [2.75, 3.05) is 0 Å². The van der Waals surface area contributed by atoms with Gasteiger partial charge in [0, 0.05) is 74.3 Å². The van der Waals surface area contributed by atoms with E-state index in [4.69, 9.17) is 20.4 Å². The van der Waals surface area contributed by atoms with E-state index in [9.17, 15) is 99.0 Å². The van der Waals surface area contributed by atoms with Gasteiger partial charge in [-0.25, -0.2) is 0 Å². The van der Waals surface area contributed by atoms with E-state index in [0.29, 0.717) is 0 Å². The first kappa shape index (κ1) is 69.2. The Labute approximate surface area is 353 Å². The van der Waals surface area contributed by atoms with Crippen molar-refractivity contribution in [3.05, 3.63) is 0 Å². The van der Waals surface area contributed by atoms with Crippen LogP contribution in [0.1, 0.15) is 38.5 Å². The Morgan fingerprint density at radius 3 is 0.612 bits per heavy atom. The van der Waals surface area contributed by atoms with Crippen molar-refractivity contribution in [1.82, 2.24) is 0 Å². The third kappa shape index (κ3) is 42.5. The zero-order valence-corrected chi connectivity index (χ0v) is 32.0. The molecule has 0 aliphatic heterocycles. The van der Waals surface area contributed by atoms with Crippen molar-refractivity contribution in [3.63, 3.8) is 0 Å². The van der Waals surface area contributed by atoms with Crippen LogP contribution in [0.15, 0.2) is 0 Å². The molecule has 0 radical (unpaired) electrons. The maximum atomic E-state index is 10.1. The molecule has 2 atom stereocenters. The Morgan fingerprint density at radius 2 is 0.551 bits per heavy atom. The van der Waals surface area contributed by atoms with Crippen molar-refractivity contribution < 1.29 is 119 Å². The van der Waals surface area contributed by atoms with E-state index in [2.05, 4.69) is 0 Å². The minimum absolute atomic E-state index is 0. The second kappa shape index (κ2) is 34.8. The van der Waals surface area contributed by atoms with E-state index in [1.54, 1.807) is 0 Å². The number of aliphatic hydroxyl groups is 4. The van der Waals surface area contributed by atoms with Gasteiger partial charge in [0.1, 0.15) is 11.2 Å². The standard InChI is InChI=1S/2C6H8O7.2C4H6O5.5Mg/c2*7-3(8)1-6(13,5(11)12)2-4(9)10;2*5-2(4(8)9)1-3(6)7;;;;;/h2*13H,1-2H2,(H,7,8)(H,9,10)(H,11,12);2*2,5H,1H2,(H,6,7)(H,8,9);;;;;/q;;;;5*+2/p-10. The maximum absolute atomic E-state index is 10.1. The molecule has 0 bridgehead atoms. The van der Waals surface area contributed by atoms with Crippen LogP contribution in [-0.2, 0) is 47.9 Å². The average molecular weight is 764 g/mol. The van der Waals surface area contributed by atoms with Gasteiger partial charge in [0.2, 0.25) is 0 Å². The van der Waals surface area contributed by atoms with Gasteiger partial charge in [-0.05, 0) is 0 Å². The number of aliphatic hydroxyl groups excluding tert-OH is 2. The predicted molar refractivity (Wildman–Crippen MR) is 128 cm³/mol. The first-order valence-electron chi connectivity index (χ1n) is 10.5. The second-order valence-electron chi connectivity index (χ2n) is 7.66. The van der Waals surface area contributed by atoms with Crippen molar-refractivity contribution >= 4 is 175 Å². The fourth-order valence-electron chi connectivity index (χ4n) is 1.85. The molecular weight excluding hydrogens is 746 g/mol. The van der Waals surface area contributed by atoms with Gasteiger partial charge in [-0.2, -0.15) is 0 Å². The molecule has 0 aromatic heterocycles. The molecule has 0 saturated heterocycles. The summed E-state index contributed by atoms with van der Waals surface area (Å²) in [5, 5.41) is 133. The van der Waals surface area contributed by atoms with E-state index in [0.717, 1.165) is 0 Å². The number of rotatable bonds is 16. The molecule has 0 saturated carbocycles. The molecule has 24 nitrogen and oxygen atoms in total. The van der Waals surface area contributed by atoms with Gasteiger partial charge in [-0.15, -0.1) is 0 Å². The summed E-state index contributed by atoms with van der Waals surface area (Å²) < 4.78 is 0. The Kier molecular flexibility index (Phi) is 49.1. The van der Waals surface area contributed by atoms with E-state index in [-0.39, 0.29) is 115 Å². The Bertz CT molecular complexity index is 981. The van der Waals surface area contributed by atoms with Gasteiger partial charge in [0.05, 0.1) is 36.1 Å². The first-order valence-corrected chi connectivity index (χ1v) is 10.5. The molecule has 29 heteroatoms. The van der Waals surface area contributed by atoms with Gasteiger partial charge in [-0.1, -0.05) is 0 Å². The first-order chi connectivity index (χ1) is 19.6. The summed E-state index contributed by atoms with van der Waals surface area (Å²) in [6.07, 6.45) is -11.2. The van der Waals surface area contributed by atoms with Crippen molar-refractivity contribution in [1.29, 1.82) is 0 Å². The molecule has 252 valence electrons. The number of hydrogen-bond donors (Lipinski definition) is 4. The molecular formula is C20H18Mg5O24. The van der Waals surface area contributed by atoms with E-state index in [1.807, 2.05) is 0 Å². The minimum Gasteiger partial charge on any atom is -0.550 e. The van der Waals surface area contributed by atoms with Crippen LogP contribution in [-0.4, -0.2) is 219 Å². The topological polar surface area (TPSA) is 482 Å². The third-order valence-corrected chi connectivity index (χ3v) is 3.77. The molecule has 0 fully saturated rings. The Hall–Kier alpha value is -1.63. The van der Waals surface area contributed by atoms with Crippen LogP contribution in [0.2, 0.25) is 0 Å². The number of carboxylic acid groups (broad SMARTS) is 10. The molecule has 0 aromatic rings. The van der Waals surface area contributed by atoms with Crippen LogP contribution in [0.25, 0.3) is 0 Å². The van der Waals surface area contributed by atoms with Gasteiger partial charge < -0.3 is 119 Å². The zero-order valence-electron chi connectivity index (χ0n) is 24.9. The zero-order chi connectivity index (χ0) is 36.2. The molecule has 0 aliphatic rings. The molecule has 0 aromatic carbocycles. The number of hydrogen-bond acceptors (Lipinski definition) is 24. The molecule has 0 aliphatic carbocycles. The van der Waals surface area contributed by atoms with Crippen LogP contribution >= 0.6 is 0 Å². The summed E-state index contributed by atoms with van der Waals surface area (Å²) in [5.41, 5.74) is -5.95. The van der Waals surface area contributed by atoms with Crippen LogP contribution in [0.3, 0.4) is 0 Å². The molecule has 2 unspecified atom stereocenters. The number of carbonyl (C=O) groups is 10. The smallest absolute Gasteiger partial charge is 0.550 e. The number of aliphatic carboxylic acids is 10. The van der Waals surface area contributed by atoms with E-state index >= 15 is 0 Å². The fraction of sp³-hybridized carbons (Fsp3) is 0.500. The van der Waals surface area contributed by atoms with Gasteiger partial charge in [-0.3, -0.25) is 0 Å². The van der Waals surface area contributed by atoms with Crippen molar-refractivity contribution in [3.8, 4) is 0 Å². The summed E-state index contributed by atoms with van der Waals surface area (Å²) in [4.78, 5) is 98.3. The van der Waals surface area contributed by atoms with Gasteiger partial charge in [0.15, 0.2) is 0 Å². The number of carboxylic acids is 10. The van der Waals surface area contributed by atoms with Crippen LogP contribution < -0.4 is 51.1 Å². The largest absolute Gasteiger partial charge is 2.00 e. The quantitative estimate of drug-likeness (QED) is 0.106. The minimum atomic E-state index is -2.97.